The molecule has 0 bridgehead atoms. The predicted molar refractivity (Wildman–Crippen MR) is 124 cm³/mol. The molecule has 0 radical (unpaired) electrons. The first-order chi connectivity index (χ1) is 12.8. The van der Waals surface area contributed by atoms with Crippen molar-refractivity contribution < 1.29 is 9.15 Å². The molecule has 0 aliphatic carbocycles. The molecular weight excluding hydrogens is 467 g/mol. The number of nitrogens with zero attached hydrogens (tertiary/aromatic N) is 2. The number of hydrogen-bond acceptors (Lipinski definition) is 4. The first-order valence-electron chi connectivity index (χ1n) is 9.37. The largest absolute Gasteiger partial charge is 0.443 e. The highest BCUT2D eigenvalue weighted by atomic mass is 127. The van der Waals surface area contributed by atoms with E-state index in [1.807, 2.05) is 19.9 Å². The Bertz CT molecular complexity index is 751. The zero-order valence-electron chi connectivity index (χ0n) is 17.7. The van der Waals surface area contributed by atoms with Crippen molar-refractivity contribution in [3.05, 3.63) is 53.2 Å². The lowest BCUT2D eigenvalue weighted by Gasteiger charge is -2.14. The summed E-state index contributed by atoms with van der Waals surface area (Å²) in [7, 11) is 1.75. The van der Waals surface area contributed by atoms with Crippen molar-refractivity contribution in [3.8, 4) is 0 Å². The number of guanidine groups is 1. The van der Waals surface area contributed by atoms with Crippen LogP contribution in [0.3, 0.4) is 0 Å². The summed E-state index contributed by atoms with van der Waals surface area (Å²) in [5, 5.41) is 6.55. The van der Waals surface area contributed by atoms with Gasteiger partial charge in [-0.05, 0) is 25.0 Å². The molecule has 0 saturated heterocycles. The third kappa shape index (κ3) is 8.18. The van der Waals surface area contributed by atoms with E-state index in [-0.39, 0.29) is 35.5 Å². The van der Waals surface area contributed by atoms with E-state index in [2.05, 4.69) is 59.6 Å². The number of nitrogens with one attached hydrogen (secondary N) is 2. The molecule has 2 aromatic rings. The molecule has 2 rings (SSSR count). The van der Waals surface area contributed by atoms with Crippen LogP contribution >= 0.6 is 24.0 Å². The van der Waals surface area contributed by atoms with Crippen molar-refractivity contribution in [2.45, 2.75) is 65.8 Å². The van der Waals surface area contributed by atoms with Crippen LogP contribution in [0.2, 0.25) is 0 Å². The summed E-state index contributed by atoms with van der Waals surface area (Å²) in [6.45, 7) is 12.2. The van der Waals surface area contributed by atoms with Crippen molar-refractivity contribution in [3.63, 3.8) is 0 Å². The zero-order valence-corrected chi connectivity index (χ0v) is 20.0. The highest BCUT2D eigenvalue weighted by Gasteiger charge is 2.19. The molecule has 7 heteroatoms. The topological polar surface area (TPSA) is 71.7 Å². The molecule has 1 aromatic heterocycles. The van der Waals surface area contributed by atoms with Crippen molar-refractivity contribution in [1.29, 1.82) is 0 Å². The minimum absolute atomic E-state index is 0. The van der Waals surface area contributed by atoms with Crippen LogP contribution in [0.25, 0.3) is 0 Å². The summed E-state index contributed by atoms with van der Waals surface area (Å²) < 4.78 is 11.5. The van der Waals surface area contributed by atoms with E-state index in [0.29, 0.717) is 31.5 Å². The number of aliphatic imine (C=N–C) groups is 1. The van der Waals surface area contributed by atoms with Crippen LogP contribution in [0.15, 0.2) is 39.9 Å². The van der Waals surface area contributed by atoms with Gasteiger partial charge < -0.3 is 19.8 Å². The molecule has 28 heavy (non-hydrogen) atoms. The minimum atomic E-state index is -0.0462. The molecule has 0 aliphatic rings. The molecule has 6 nitrogen and oxygen atoms in total. The molecular formula is C21H33IN4O2. The van der Waals surface area contributed by atoms with Crippen molar-refractivity contribution in [2.24, 2.45) is 4.99 Å². The molecule has 0 aliphatic heterocycles. The van der Waals surface area contributed by atoms with E-state index in [4.69, 9.17) is 9.15 Å². The molecule has 1 aromatic carbocycles. The summed E-state index contributed by atoms with van der Waals surface area (Å²) in [4.78, 5) is 8.58. The van der Waals surface area contributed by atoms with Crippen LogP contribution in [0.5, 0.6) is 0 Å². The Kier molecular flexibility index (Phi) is 9.95. The smallest absolute Gasteiger partial charge is 0.213 e. The Hall–Kier alpha value is -1.61. The fourth-order valence-electron chi connectivity index (χ4n) is 2.40. The number of halogens is 1. The molecule has 1 heterocycles. The van der Waals surface area contributed by atoms with E-state index < -0.39 is 0 Å². The van der Waals surface area contributed by atoms with E-state index in [9.17, 15) is 0 Å². The summed E-state index contributed by atoms with van der Waals surface area (Å²) in [6, 6.07) is 8.36. The molecule has 0 amide bonds. The number of ether oxygens (including phenoxy) is 1. The van der Waals surface area contributed by atoms with Crippen LogP contribution < -0.4 is 10.6 Å². The summed E-state index contributed by atoms with van der Waals surface area (Å²) in [6.07, 6.45) is 2.02. The average Bonchev–Trinajstić information content (AvgIpc) is 3.10. The van der Waals surface area contributed by atoms with Crippen LogP contribution in [0, 0.1) is 0 Å². The summed E-state index contributed by atoms with van der Waals surface area (Å²) in [5.41, 5.74) is 2.30. The minimum Gasteiger partial charge on any atom is -0.443 e. The lowest BCUT2D eigenvalue weighted by molar-refractivity contribution is 0.0657. The van der Waals surface area contributed by atoms with Gasteiger partial charge in [0.2, 0.25) is 5.89 Å². The van der Waals surface area contributed by atoms with Gasteiger partial charge in [0.15, 0.2) is 5.96 Å². The normalized spacial score (nSPS) is 12.0. The van der Waals surface area contributed by atoms with Gasteiger partial charge in [-0.3, -0.25) is 4.99 Å². The SMILES string of the molecule is CN=C(NCc1cccc(COC(C)C)c1)NCc1ncc(C(C)(C)C)o1.I. The van der Waals surface area contributed by atoms with Crippen LogP contribution in [-0.4, -0.2) is 24.1 Å². The monoisotopic (exact) mass is 500 g/mol. The molecule has 0 fully saturated rings. The van der Waals surface area contributed by atoms with E-state index in [1.54, 1.807) is 13.2 Å². The molecule has 2 N–H and O–H groups in total. The van der Waals surface area contributed by atoms with Crippen LogP contribution in [-0.2, 0) is 29.8 Å². The highest BCUT2D eigenvalue weighted by Crippen LogP contribution is 2.22. The lowest BCUT2D eigenvalue weighted by atomic mass is 9.94. The van der Waals surface area contributed by atoms with Gasteiger partial charge >= 0.3 is 0 Å². The predicted octanol–water partition coefficient (Wildman–Crippen LogP) is 4.38. The summed E-state index contributed by atoms with van der Waals surface area (Å²) in [5.74, 6) is 2.23. The number of oxazole rings is 1. The molecule has 0 atom stereocenters. The molecule has 0 spiro atoms. The quantitative estimate of drug-likeness (QED) is 0.336. The van der Waals surface area contributed by atoms with E-state index in [0.717, 1.165) is 5.76 Å². The molecule has 0 unspecified atom stereocenters. The van der Waals surface area contributed by atoms with Gasteiger partial charge in [0.1, 0.15) is 5.76 Å². The maximum atomic E-state index is 5.80. The Balaban J connectivity index is 0.00000392. The Morgan fingerprint density at radius 1 is 1.18 bits per heavy atom. The molecule has 0 saturated carbocycles. The van der Waals surface area contributed by atoms with Gasteiger partial charge in [0.25, 0.3) is 0 Å². The summed E-state index contributed by atoms with van der Waals surface area (Å²) >= 11 is 0. The highest BCUT2D eigenvalue weighted by molar-refractivity contribution is 14.0. The van der Waals surface area contributed by atoms with Gasteiger partial charge in [-0.25, -0.2) is 4.98 Å². The van der Waals surface area contributed by atoms with Gasteiger partial charge in [-0.1, -0.05) is 45.0 Å². The Morgan fingerprint density at radius 2 is 1.86 bits per heavy atom. The standard InChI is InChI=1S/C21H32N4O2.HI/c1-15(2)26-14-17-9-7-8-16(10-17)11-24-20(22-6)25-13-19-23-12-18(27-19)21(3,4)5;/h7-10,12,15H,11,13-14H2,1-6H3,(H2,22,24,25);1H. The third-order valence-corrected chi connectivity index (χ3v) is 3.96. The van der Waals surface area contributed by atoms with Crippen LogP contribution in [0.1, 0.15) is 57.4 Å². The van der Waals surface area contributed by atoms with Gasteiger partial charge in [-0.2, -0.15) is 0 Å². The second kappa shape index (κ2) is 11.4. The van der Waals surface area contributed by atoms with Crippen molar-refractivity contribution in [1.82, 2.24) is 15.6 Å². The Morgan fingerprint density at radius 3 is 2.46 bits per heavy atom. The molecule has 156 valence electrons. The number of rotatable bonds is 7. The first-order valence-corrected chi connectivity index (χ1v) is 9.37. The van der Waals surface area contributed by atoms with Crippen LogP contribution in [0.4, 0.5) is 0 Å². The first kappa shape index (κ1) is 24.4. The lowest BCUT2D eigenvalue weighted by Crippen LogP contribution is -2.36. The maximum Gasteiger partial charge on any atom is 0.213 e. The van der Waals surface area contributed by atoms with E-state index in [1.165, 1.54) is 11.1 Å². The number of benzene rings is 1. The van der Waals surface area contributed by atoms with Gasteiger partial charge in [-0.15, -0.1) is 24.0 Å². The van der Waals surface area contributed by atoms with Gasteiger partial charge in [0, 0.05) is 19.0 Å². The fraction of sp³-hybridized carbons (Fsp3) is 0.524. The van der Waals surface area contributed by atoms with E-state index >= 15 is 0 Å². The number of hydrogen-bond donors (Lipinski definition) is 2. The zero-order chi connectivity index (χ0) is 19.9. The van der Waals surface area contributed by atoms with Crippen molar-refractivity contribution in [2.75, 3.05) is 7.05 Å². The maximum absolute atomic E-state index is 5.80. The number of aromatic nitrogens is 1. The second-order valence-electron chi connectivity index (χ2n) is 7.83. The average molecular weight is 500 g/mol. The second-order valence-corrected chi connectivity index (χ2v) is 7.83. The van der Waals surface area contributed by atoms with Crippen molar-refractivity contribution >= 4 is 29.9 Å². The van der Waals surface area contributed by atoms with Gasteiger partial charge in [0.05, 0.1) is 25.5 Å². The Labute approximate surface area is 185 Å². The fourth-order valence-corrected chi connectivity index (χ4v) is 2.40. The third-order valence-electron chi connectivity index (χ3n) is 3.96.